The minimum absolute atomic E-state index is 0.0544. The summed E-state index contributed by atoms with van der Waals surface area (Å²) in [7, 11) is 3.48. The minimum atomic E-state index is -0.393. The molecular weight excluding hydrogens is 404 g/mol. The van der Waals surface area contributed by atoms with Crippen molar-refractivity contribution in [2.24, 2.45) is 0 Å². The van der Waals surface area contributed by atoms with E-state index in [1.165, 1.54) is 0 Å². The highest BCUT2D eigenvalue weighted by Crippen LogP contribution is 2.44. The molecule has 1 spiro atoms. The number of para-hydroxylation sites is 1. The number of aromatic nitrogens is 1. The second-order valence-corrected chi connectivity index (χ2v) is 8.96. The standard InChI is InChI=1S/C25H28N4O3/c1-28(2)24(31)27-21-16-25(32-22-9-4-3-6-19(21)22)11-14-29(15-12-25)23(30)18-7-5-8-20-17(18)10-13-26-20/h3-10,13,21,26H,11-12,14-16H2,1-2H3,(H,27,31). The molecule has 3 amide bonds. The van der Waals surface area contributed by atoms with Crippen LogP contribution in [-0.2, 0) is 0 Å². The zero-order valence-electron chi connectivity index (χ0n) is 18.4. The molecule has 0 saturated carbocycles. The number of benzene rings is 2. The highest BCUT2D eigenvalue weighted by Gasteiger charge is 2.44. The normalized spacial score (nSPS) is 19.3. The Morgan fingerprint density at radius 1 is 1.09 bits per heavy atom. The smallest absolute Gasteiger partial charge is 0.317 e. The predicted octanol–water partition coefficient (Wildman–Crippen LogP) is 3.94. The number of carbonyl (C=O) groups is 2. The molecule has 3 heterocycles. The number of ether oxygens (including phenoxy) is 1. The van der Waals surface area contributed by atoms with Gasteiger partial charge in [0.15, 0.2) is 0 Å². The maximum absolute atomic E-state index is 13.3. The maximum atomic E-state index is 13.3. The number of nitrogens with zero attached hydrogens (tertiary/aromatic N) is 2. The molecule has 5 rings (SSSR count). The van der Waals surface area contributed by atoms with Crippen LogP contribution in [0.1, 0.15) is 41.2 Å². The van der Waals surface area contributed by atoms with Crippen molar-refractivity contribution in [2.75, 3.05) is 27.2 Å². The molecular formula is C25H28N4O3. The molecule has 2 aromatic carbocycles. The Bertz CT molecular complexity index is 1160. The van der Waals surface area contributed by atoms with E-state index in [1.54, 1.807) is 19.0 Å². The van der Waals surface area contributed by atoms with Crippen molar-refractivity contribution >= 4 is 22.8 Å². The Morgan fingerprint density at radius 3 is 2.66 bits per heavy atom. The summed E-state index contributed by atoms with van der Waals surface area (Å²) >= 11 is 0. The van der Waals surface area contributed by atoms with E-state index in [9.17, 15) is 9.59 Å². The Balaban J connectivity index is 1.35. The largest absolute Gasteiger partial charge is 0.487 e. The number of piperidine rings is 1. The van der Waals surface area contributed by atoms with Crippen LogP contribution in [0.2, 0.25) is 0 Å². The van der Waals surface area contributed by atoms with Crippen molar-refractivity contribution < 1.29 is 14.3 Å². The summed E-state index contributed by atoms with van der Waals surface area (Å²) in [4.78, 5) is 32.3. The third-order valence-electron chi connectivity index (χ3n) is 6.69. The summed E-state index contributed by atoms with van der Waals surface area (Å²) < 4.78 is 6.52. The molecule has 1 saturated heterocycles. The van der Waals surface area contributed by atoms with Gasteiger partial charge in [-0.05, 0) is 24.3 Å². The molecule has 2 N–H and O–H groups in total. The third kappa shape index (κ3) is 3.57. The summed E-state index contributed by atoms with van der Waals surface area (Å²) in [5.41, 5.74) is 2.31. The molecule has 166 valence electrons. The first-order valence-electron chi connectivity index (χ1n) is 11.1. The SMILES string of the molecule is CN(C)C(=O)NC1CC2(CCN(C(=O)c3cccc4[nH]ccc34)CC2)Oc2ccccc21. The molecule has 7 nitrogen and oxygen atoms in total. The Kier molecular flexibility index (Phi) is 5.04. The average molecular weight is 433 g/mol. The predicted molar refractivity (Wildman–Crippen MR) is 123 cm³/mol. The van der Waals surface area contributed by atoms with Gasteiger partial charge >= 0.3 is 6.03 Å². The molecule has 2 aliphatic heterocycles. The van der Waals surface area contributed by atoms with E-state index in [0.29, 0.717) is 19.5 Å². The molecule has 3 aromatic rings. The number of H-pyrrole nitrogens is 1. The van der Waals surface area contributed by atoms with Gasteiger partial charge in [0.1, 0.15) is 11.4 Å². The van der Waals surface area contributed by atoms with E-state index in [2.05, 4.69) is 10.3 Å². The number of nitrogens with one attached hydrogen (secondary N) is 2. The van der Waals surface area contributed by atoms with Crippen molar-refractivity contribution in [1.82, 2.24) is 20.1 Å². The minimum Gasteiger partial charge on any atom is -0.487 e. The summed E-state index contributed by atoms with van der Waals surface area (Å²) in [5.74, 6) is 0.874. The van der Waals surface area contributed by atoms with Gasteiger partial charge < -0.3 is 24.8 Å². The highest BCUT2D eigenvalue weighted by molar-refractivity contribution is 6.06. The zero-order valence-corrected chi connectivity index (χ0v) is 18.4. The van der Waals surface area contributed by atoms with Gasteiger partial charge in [0.2, 0.25) is 0 Å². The van der Waals surface area contributed by atoms with E-state index in [-0.39, 0.29) is 18.0 Å². The van der Waals surface area contributed by atoms with Gasteiger partial charge in [0.05, 0.1) is 6.04 Å². The molecule has 0 aliphatic carbocycles. The zero-order chi connectivity index (χ0) is 22.3. The van der Waals surface area contributed by atoms with Gasteiger partial charge in [0, 0.05) is 74.7 Å². The molecule has 0 radical (unpaired) electrons. The lowest BCUT2D eigenvalue weighted by Crippen LogP contribution is -2.53. The van der Waals surface area contributed by atoms with Crippen molar-refractivity contribution in [2.45, 2.75) is 30.9 Å². The fourth-order valence-electron chi connectivity index (χ4n) is 4.89. The van der Waals surface area contributed by atoms with Crippen molar-refractivity contribution in [3.05, 3.63) is 65.9 Å². The first-order chi connectivity index (χ1) is 15.5. The van der Waals surface area contributed by atoms with Crippen LogP contribution in [-0.4, -0.2) is 59.5 Å². The fourth-order valence-corrected chi connectivity index (χ4v) is 4.89. The summed E-state index contributed by atoms with van der Waals surface area (Å²) in [6, 6.07) is 15.4. The van der Waals surface area contributed by atoms with Gasteiger partial charge in [-0.1, -0.05) is 24.3 Å². The Labute approximate surface area is 187 Å². The van der Waals surface area contributed by atoms with E-state index in [0.717, 1.165) is 40.6 Å². The van der Waals surface area contributed by atoms with Crippen LogP contribution >= 0.6 is 0 Å². The lowest BCUT2D eigenvalue weighted by molar-refractivity contribution is -0.0200. The molecule has 1 aromatic heterocycles. The summed E-state index contributed by atoms with van der Waals surface area (Å²) in [6.07, 6.45) is 4.01. The van der Waals surface area contributed by atoms with Gasteiger partial charge in [-0.2, -0.15) is 0 Å². The van der Waals surface area contributed by atoms with Gasteiger partial charge in [-0.25, -0.2) is 4.79 Å². The summed E-state index contributed by atoms with van der Waals surface area (Å²) in [5, 5.41) is 4.10. The lowest BCUT2D eigenvalue weighted by atomic mass is 9.80. The van der Waals surface area contributed by atoms with Crippen molar-refractivity contribution in [1.29, 1.82) is 0 Å². The number of urea groups is 1. The van der Waals surface area contributed by atoms with Crippen LogP contribution in [0.3, 0.4) is 0 Å². The second kappa shape index (κ2) is 7.89. The van der Waals surface area contributed by atoms with E-state index in [4.69, 9.17) is 4.74 Å². The number of carbonyl (C=O) groups excluding carboxylic acids is 2. The first kappa shape index (κ1) is 20.4. The molecule has 1 atom stereocenters. The molecule has 0 bridgehead atoms. The van der Waals surface area contributed by atoms with Gasteiger partial charge in [0.25, 0.3) is 5.91 Å². The van der Waals surface area contributed by atoms with E-state index >= 15 is 0 Å². The topological polar surface area (TPSA) is 77.7 Å². The number of amides is 3. The van der Waals surface area contributed by atoms with Crippen molar-refractivity contribution in [3.8, 4) is 5.75 Å². The number of aromatic amines is 1. The Hall–Kier alpha value is -3.48. The second-order valence-electron chi connectivity index (χ2n) is 8.96. The van der Waals surface area contributed by atoms with E-state index < -0.39 is 5.60 Å². The lowest BCUT2D eigenvalue weighted by Gasteiger charge is -2.47. The molecule has 32 heavy (non-hydrogen) atoms. The molecule has 1 unspecified atom stereocenters. The van der Waals surface area contributed by atoms with Crippen LogP contribution in [0.4, 0.5) is 4.79 Å². The van der Waals surface area contributed by atoms with Crippen LogP contribution < -0.4 is 10.1 Å². The molecule has 1 fully saturated rings. The number of likely N-dealkylation sites (tertiary alicyclic amines) is 1. The van der Waals surface area contributed by atoms with Gasteiger partial charge in [-0.15, -0.1) is 0 Å². The van der Waals surface area contributed by atoms with E-state index in [1.807, 2.05) is 59.6 Å². The van der Waals surface area contributed by atoms with Crippen LogP contribution in [0.15, 0.2) is 54.7 Å². The maximum Gasteiger partial charge on any atom is 0.317 e. The van der Waals surface area contributed by atoms with Crippen LogP contribution in [0, 0.1) is 0 Å². The van der Waals surface area contributed by atoms with Crippen LogP contribution in [0.25, 0.3) is 10.9 Å². The number of rotatable bonds is 2. The monoisotopic (exact) mass is 432 g/mol. The fraction of sp³-hybridized carbons (Fsp3) is 0.360. The molecule has 7 heteroatoms. The summed E-state index contributed by atoms with van der Waals surface area (Å²) in [6.45, 7) is 1.24. The number of hydrogen-bond acceptors (Lipinski definition) is 3. The Morgan fingerprint density at radius 2 is 1.88 bits per heavy atom. The number of hydrogen-bond donors (Lipinski definition) is 2. The first-order valence-corrected chi connectivity index (χ1v) is 11.1. The quantitative estimate of drug-likeness (QED) is 0.644. The van der Waals surface area contributed by atoms with Gasteiger partial charge in [-0.3, -0.25) is 4.79 Å². The van der Waals surface area contributed by atoms with Crippen LogP contribution in [0.5, 0.6) is 5.75 Å². The average Bonchev–Trinajstić information content (AvgIpc) is 3.28. The number of fused-ring (bicyclic) bond motifs is 2. The highest BCUT2D eigenvalue weighted by atomic mass is 16.5. The van der Waals surface area contributed by atoms with Crippen molar-refractivity contribution in [3.63, 3.8) is 0 Å². The molecule has 2 aliphatic rings. The third-order valence-corrected chi connectivity index (χ3v) is 6.69.